The predicted octanol–water partition coefficient (Wildman–Crippen LogP) is 2.44. The largest absolute Gasteiger partial charge is 0.486 e. The van der Waals surface area contributed by atoms with Gasteiger partial charge in [0.05, 0.1) is 0 Å². The molecular formula is C28H38N4O9S. The van der Waals surface area contributed by atoms with Crippen molar-refractivity contribution < 1.29 is 42.9 Å². The lowest BCUT2D eigenvalue weighted by Crippen LogP contribution is -2.65. The van der Waals surface area contributed by atoms with Crippen molar-refractivity contribution in [3.63, 3.8) is 0 Å². The molecule has 0 radical (unpaired) electrons. The molecule has 1 aliphatic rings. The number of rotatable bonds is 10. The summed E-state index contributed by atoms with van der Waals surface area (Å²) in [5, 5.41) is 11.7. The second-order valence-electron chi connectivity index (χ2n) is 10.9. The zero-order valence-corrected chi connectivity index (χ0v) is 25.9. The Morgan fingerprint density at radius 1 is 0.952 bits per heavy atom. The molecule has 1 aromatic heterocycles. The van der Waals surface area contributed by atoms with Crippen LogP contribution in [0.4, 0.5) is 0 Å². The topological polar surface area (TPSA) is 157 Å². The van der Waals surface area contributed by atoms with Gasteiger partial charge in [0.2, 0.25) is 5.91 Å². The lowest BCUT2D eigenvalue weighted by molar-refractivity contribution is -0.211. The van der Waals surface area contributed by atoms with Crippen molar-refractivity contribution in [2.45, 2.75) is 95.4 Å². The number of aromatic nitrogens is 3. The summed E-state index contributed by atoms with van der Waals surface area (Å²) >= 11 is 1.10. The van der Waals surface area contributed by atoms with E-state index in [1.165, 1.54) is 33.3 Å². The molecule has 0 saturated carbocycles. The van der Waals surface area contributed by atoms with Crippen molar-refractivity contribution in [3.05, 3.63) is 35.7 Å². The van der Waals surface area contributed by atoms with Crippen molar-refractivity contribution in [3.8, 4) is 5.75 Å². The van der Waals surface area contributed by atoms with Gasteiger partial charge in [0.1, 0.15) is 36.5 Å². The number of ether oxygens (including phenoxy) is 5. The Balaban J connectivity index is 1.85. The van der Waals surface area contributed by atoms with E-state index in [2.05, 4.69) is 36.3 Å². The minimum Gasteiger partial charge on any atom is -0.486 e. The maximum absolute atomic E-state index is 12.2. The Kier molecular flexibility index (Phi) is 11.0. The van der Waals surface area contributed by atoms with Crippen molar-refractivity contribution in [2.24, 2.45) is 7.05 Å². The third-order valence-electron chi connectivity index (χ3n) is 6.31. The van der Waals surface area contributed by atoms with Crippen molar-refractivity contribution >= 4 is 35.6 Å². The SMILES string of the molecule is CC(=O)N[C@@H]1[C@H](OC(C)=O)[C@H](OC(C)=O)[C@H](COC(C)=O)O[C@@H]1Sc1nnc(COc2ccc(C(C)(C)C)cc2)n1C. The average molecular weight is 607 g/mol. The van der Waals surface area contributed by atoms with E-state index in [-0.39, 0.29) is 18.6 Å². The second-order valence-corrected chi connectivity index (χ2v) is 11.9. The Morgan fingerprint density at radius 3 is 2.12 bits per heavy atom. The van der Waals surface area contributed by atoms with E-state index in [4.69, 9.17) is 23.7 Å². The number of carbonyl (C=O) groups excluding carboxylic acids is 4. The van der Waals surface area contributed by atoms with Crippen molar-refractivity contribution in [1.29, 1.82) is 0 Å². The molecule has 0 aliphatic carbocycles. The van der Waals surface area contributed by atoms with E-state index in [9.17, 15) is 19.2 Å². The summed E-state index contributed by atoms with van der Waals surface area (Å²) in [4.78, 5) is 47.8. The van der Waals surface area contributed by atoms with Crippen LogP contribution in [0.2, 0.25) is 0 Å². The molecule has 0 spiro atoms. The van der Waals surface area contributed by atoms with Crippen LogP contribution >= 0.6 is 11.8 Å². The van der Waals surface area contributed by atoms with E-state index < -0.39 is 53.6 Å². The molecule has 5 atom stereocenters. The van der Waals surface area contributed by atoms with Crippen LogP contribution in [-0.4, -0.2) is 75.0 Å². The van der Waals surface area contributed by atoms with E-state index in [0.29, 0.717) is 16.7 Å². The monoisotopic (exact) mass is 606 g/mol. The van der Waals surface area contributed by atoms with Gasteiger partial charge in [-0.15, -0.1) is 10.2 Å². The van der Waals surface area contributed by atoms with Gasteiger partial charge in [-0.1, -0.05) is 44.7 Å². The third kappa shape index (κ3) is 8.92. The first kappa shape index (κ1) is 32.9. The number of hydrogen-bond donors (Lipinski definition) is 1. The standard InChI is InChI=1S/C28H38N4O9S/c1-15(33)29-23-25(40-18(4)36)24(39-17(3)35)21(13-37-16(2)34)41-26(23)42-27-31-30-22(32(27)8)14-38-20-11-9-19(10-12-20)28(5,6)7/h9-12,21,23-26H,13-14H2,1-8H3,(H,29,33)/t21-,23+,24+,25-,26+/m0/s1. The van der Waals surface area contributed by atoms with Crippen LogP contribution in [0.5, 0.6) is 5.75 Å². The summed E-state index contributed by atoms with van der Waals surface area (Å²) < 4.78 is 30.0. The summed E-state index contributed by atoms with van der Waals surface area (Å²) in [6.07, 6.45) is -3.35. The average Bonchev–Trinajstić information content (AvgIpc) is 3.22. The molecule has 0 unspecified atom stereocenters. The quantitative estimate of drug-likeness (QED) is 0.312. The number of esters is 3. The number of amides is 1. The lowest BCUT2D eigenvalue weighted by Gasteiger charge is -2.44. The maximum atomic E-state index is 12.2. The molecule has 230 valence electrons. The Bertz CT molecular complexity index is 1280. The molecule has 1 amide bonds. The van der Waals surface area contributed by atoms with Crippen LogP contribution in [0.25, 0.3) is 0 Å². The molecular weight excluding hydrogens is 568 g/mol. The molecule has 1 N–H and O–H groups in total. The summed E-state index contributed by atoms with van der Waals surface area (Å²) in [7, 11) is 1.75. The van der Waals surface area contributed by atoms with Crippen LogP contribution in [0.15, 0.2) is 29.4 Å². The summed E-state index contributed by atoms with van der Waals surface area (Å²) in [6.45, 7) is 11.2. The fourth-order valence-electron chi connectivity index (χ4n) is 4.27. The fraction of sp³-hybridized carbons (Fsp3) is 0.571. The first-order valence-corrected chi connectivity index (χ1v) is 14.2. The molecule has 2 heterocycles. The van der Waals surface area contributed by atoms with Gasteiger partial charge in [0, 0.05) is 34.7 Å². The van der Waals surface area contributed by atoms with E-state index in [1.54, 1.807) is 11.6 Å². The normalized spacial score (nSPS) is 22.1. The number of nitrogens with zero attached hydrogens (tertiary/aromatic N) is 3. The first-order chi connectivity index (χ1) is 19.6. The molecule has 1 saturated heterocycles. The second kappa shape index (κ2) is 14.0. The molecule has 1 aliphatic heterocycles. The molecule has 2 aromatic rings. The smallest absolute Gasteiger partial charge is 0.303 e. The number of carbonyl (C=O) groups is 4. The van der Waals surface area contributed by atoms with Gasteiger partial charge >= 0.3 is 17.9 Å². The highest BCUT2D eigenvalue weighted by Crippen LogP contribution is 2.35. The van der Waals surface area contributed by atoms with E-state index >= 15 is 0 Å². The number of nitrogens with one attached hydrogen (secondary N) is 1. The van der Waals surface area contributed by atoms with Gasteiger partial charge in [-0.2, -0.15) is 0 Å². The minimum absolute atomic E-state index is 0.0222. The van der Waals surface area contributed by atoms with Gasteiger partial charge in [-0.05, 0) is 23.1 Å². The highest BCUT2D eigenvalue weighted by Gasteiger charge is 2.51. The number of benzene rings is 1. The Hall–Kier alpha value is -3.65. The van der Waals surface area contributed by atoms with Crippen LogP contribution in [0.1, 0.15) is 59.9 Å². The van der Waals surface area contributed by atoms with Crippen LogP contribution in [-0.2, 0) is 57.2 Å². The first-order valence-electron chi connectivity index (χ1n) is 13.3. The van der Waals surface area contributed by atoms with Gasteiger partial charge < -0.3 is 33.6 Å². The fourth-order valence-corrected chi connectivity index (χ4v) is 5.39. The van der Waals surface area contributed by atoms with Crippen molar-refractivity contribution in [2.75, 3.05) is 6.61 Å². The molecule has 1 aromatic carbocycles. The van der Waals surface area contributed by atoms with E-state index in [1.807, 2.05) is 24.3 Å². The summed E-state index contributed by atoms with van der Waals surface area (Å²) in [5.41, 5.74) is 0.296. The Labute approximate surface area is 248 Å². The van der Waals surface area contributed by atoms with Crippen LogP contribution in [0.3, 0.4) is 0 Å². The molecule has 3 rings (SSSR count). The zero-order valence-electron chi connectivity index (χ0n) is 25.0. The van der Waals surface area contributed by atoms with Gasteiger partial charge in [-0.3, -0.25) is 19.2 Å². The van der Waals surface area contributed by atoms with Crippen LogP contribution < -0.4 is 10.1 Å². The lowest BCUT2D eigenvalue weighted by atomic mass is 9.87. The third-order valence-corrected chi connectivity index (χ3v) is 7.51. The zero-order chi connectivity index (χ0) is 31.2. The molecule has 13 nitrogen and oxygen atoms in total. The summed E-state index contributed by atoms with van der Waals surface area (Å²) in [5.74, 6) is -1.16. The molecule has 42 heavy (non-hydrogen) atoms. The Morgan fingerprint density at radius 2 is 1.57 bits per heavy atom. The van der Waals surface area contributed by atoms with Gasteiger partial charge in [-0.25, -0.2) is 0 Å². The predicted molar refractivity (Wildman–Crippen MR) is 150 cm³/mol. The summed E-state index contributed by atoms with van der Waals surface area (Å²) in [6, 6.07) is 6.87. The van der Waals surface area contributed by atoms with Crippen molar-refractivity contribution in [1.82, 2.24) is 20.1 Å². The van der Waals surface area contributed by atoms with Gasteiger partial charge in [0.15, 0.2) is 23.2 Å². The highest BCUT2D eigenvalue weighted by molar-refractivity contribution is 7.99. The van der Waals surface area contributed by atoms with Gasteiger partial charge in [0.25, 0.3) is 0 Å². The minimum atomic E-state index is -1.17. The molecule has 14 heteroatoms. The van der Waals surface area contributed by atoms with Crippen LogP contribution in [0, 0.1) is 0 Å². The molecule has 0 bridgehead atoms. The number of thioether (sulfide) groups is 1. The van der Waals surface area contributed by atoms with E-state index in [0.717, 1.165) is 11.8 Å². The highest BCUT2D eigenvalue weighted by atomic mass is 32.2. The number of hydrogen-bond acceptors (Lipinski definition) is 12. The molecule has 1 fully saturated rings. The maximum Gasteiger partial charge on any atom is 0.303 e.